The second kappa shape index (κ2) is 8.10. The number of aldehydes is 1. The number of carbonyl (C=O) groups excluding carboxylic acids is 1. The summed E-state index contributed by atoms with van der Waals surface area (Å²) in [6.45, 7) is 4.71. The average molecular weight is 488 g/mol. The molecule has 36 heavy (non-hydrogen) atoms. The largest absolute Gasteiger partial charge is 0.370 e. The van der Waals surface area contributed by atoms with Crippen molar-refractivity contribution >= 4 is 22.9 Å². The van der Waals surface area contributed by atoms with Crippen LogP contribution >= 0.6 is 0 Å². The van der Waals surface area contributed by atoms with Crippen LogP contribution in [0.5, 0.6) is 0 Å². The van der Waals surface area contributed by atoms with Gasteiger partial charge in [-0.2, -0.15) is 5.10 Å². The number of anilines is 1. The molecule has 3 fully saturated rings. The van der Waals surface area contributed by atoms with E-state index in [1.165, 1.54) is 11.1 Å². The van der Waals surface area contributed by atoms with E-state index < -0.39 is 5.67 Å². The van der Waals surface area contributed by atoms with Gasteiger partial charge in [0.1, 0.15) is 12.0 Å². The number of piperidine rings is 1. The van der Waals surface area contributed by atoms with E-state index in [0.717, 1.165) is 73.8 Å². The molecule has 0 amide bonds. The summed E-state index contributed by atoms with van der Waals surface area (Å²) in [5.74, 6) is 0.281. The van der Waals surface area contributed by atoms with Crippen molar-refractivity contribution in [3.8, 4) is 0 Å². The number of aromatic nitrogens is 3. The van der Waals surface area contributed by atoms with Gasteiger partial charge < -0.3 is 9.69 Å². The highest BCUT2D eigenvalue weighted by atomic mass is 19.1. The van der Waals surface area contributed by atoms with E-state index in [1.54, 1.807) is 0 Å². The van der Waals surface area contributed by atoms with Crippen LogP contribution in [-0.4, -0.2) is 57.7 Å². The van der Waals surface area contributed by atoms with Gasteiger partial charge in [0.2, 0.25) is 0 Å². The maximum Gasteiger partial charge on any atom is 0.124 e. The molecule has 0 bridgehead atoms. The monoisotopic (exact) mass is 487 g/mol. The summed E-state index contributed by atoms with van der Waals surface area (Å²) < 4.78 is 15.1. The molecule has 188 valence electrons. The fourth-order valence-corrected chi connectivity index (χ4v) is 7.16. The normalized spacial score (nSPS) is 27.1. The lowest BCUT2D eigenvalue weighted by Crippen LogP contribution is -2.47. The van der Waals surface area contributed by atoms with Crippen molar-refractivity contribution in [3.63, 3.8) is 0 Å². The van der Waals surface area contributed by atoms with Crippen molar-refractivity contribution in [2.24, 2.45) is 11.3 Å². The second-order valence-electron chi connectivity index (χ2n) is 12.0. The average Bonchev–Trinajstić information content (AvgIpc) is 3.40. The minimum atomic E-state index is -1.06. The molecule has 1 spiro atoms. The zero-order valence-electron chi connectivity index (χ0n) is 20.9. The molecule has 2 aliphatic carbocycles. The number of fused-ring (bicyclic) bond motifs is 3. The molecular weight excluding hydrogens is 453 g/mol. The molecule has 4 heterocycles. The van der Waals surface area contributed by atoms with Gasteiger partial charge >= 0.3 is 0 Å². The van der Waals surface area contributed by atoms with Crippen LogP contribution < -0.4 is 4.90 Å². The SMILES string of the molecule is C[C@@H]1Cc2c(ccc3[nH]ncc23)[C@@H](c2ccc(N3CCC4(CC3)CC(C=O)C4)cn2)N1CC1(F)CC1. The lowest BCUT2D eigenvalue weighted by atomic mass is 9.58. The van der Waals surface area contributed by atoms with Crippen LogP contribution in [-0.2, 0) is 11.2 Å². The number of halogens is 1. The number of alkyl halides is 1. The third-order valence-corrected chi connectivity index (χ3v) is 9.55. The van der Waals surface area contributed by atoms with Crippen LogP contribution in [0.1, 0.15) is 68.3 Å². The maximum absolute atomic E-state index is 15.1. The molecule has 4 aliphatic rings. The summed E-state index contributed by atoms with van der Waals surface area (Å²) >= 11 is 0. The smallest absolute Gasteiger partial charge is 0.124 e. The van der Waals surface area contributed by atoms with E-state index in [-0.39, 0.29) is 18.0 Å². The second-order valence-corrected chi connectivity index (χ2v) is 12.0. The minimum absolute atomic E-state index is 0.0646. The molecule has 6 nitrogen and oxygen atoms in total. The minimum Gasteiger partial charge on any atom is -0.370 e. The van der Waals surface area contributed by atoms with Crippen LogP contribution in [0.25, 0.3) is 10.9 Å². The molecule has 1 aromatic carbocycles. The van der Waals surface area contributed by atoms with Crippen molar-refractivity contribution < 1.29 is 9.18 Å². The number of aromatic amines is 1. The number of benzene rings is 1. The molecule has 2 saturated carbocycles. The molecule has 2 aromatic heterocycles. The van der Waals surface area contributed by atoms with Crippen LogP contribution in [0.15, 0.2) is 36.7 Å². The van der Waals surface area contributed by atoms with Gasteiger partial charge in [-0.3, -0.25) is 15.0 Å². The highest BCUT2D eigenvalue weighted by molar-refractivity contribution is 5.83. The van der Waals surface area contributed by atoms with E-state index in [2.05, 4.69) is 51.2 Å². The summed E-state index contributed by atoms with van der Waals surface area (Å²) in [5.41, 5.74) is 5.06. The number of pyridine rings is 1. The molecule has 7 heteroatoms. The number of carbonyl (C=O) groups is 1. The fraction of sp³-hybridized carbons (Fsp3) is 0.552. The van der Waals surface area contributed by atoms with Crippen LogP contribution in [0.2, 0.25) is 0 Å². The molecule has 2 aliphatic heterocycles. The van der Waals surface area contributed by atoms with Gasteiger partial charge in [-0.1, -0.05) is 6.07 Å². The lowest BCUT2D eigenvalue weighted by Gasteiger charge is -2.51. The summed E-state index contributed by atoms with van der Waals surface area (Å²) in [5, 5.41) is 8.54. The van der Waals surface area contributed by atoms with E-state index in [1.807, 2.05) is 12.4 Å². The maximum atomic E-state index is 15.1. The molecule has 1 N–H and O–H groups in total. The Morgan fingerprint density at radius 3 is 2.61 bits per heavy atom. The van der Waals surface area contributed by atoms with Crippen LogP contribution in [0.4, 0.5) is 10.1 Å². The first-order valence-corrected chi connectivity index (χ1v) is 13.5. The zero-order valence-corrected chi connectivity index (χ0v) is 20.9. The van der Waals surface area contributed by atoms with Gasteiger partial charge in [-0.05, 0) is 86.6 Å². The molecule has 1 saturated heterocycles. The van der Waals surface area contributed by atoms with Gasteiger partial charge in [-0.15, -0.1) is 0 Å². The number of hydrogen-bond acceptors (Lipinski definition) is 5. The Balaban J connectivity index is 1.17. The Labute approximate surface area is 211 Å². The summed E-state index contributed by atoms with van der Waals surface area (Å²) in [6.07, 6.45) is 11.7. The van der Waals surface area contributed by atoms with Crippen LogP contribution in [0, 0.1) is 11.3 Å². The topological polar surface area (TPSA) is 65.1 Å². The summed E-state index contributed by atoms with van der Waals surface area (Å²) in [4.78, 5) is 20.8. The van der Waals surface area contributed by atoms with Crippen molar-refractivity contribution in [1.29, 1.82) is 0 Å². The van der Waals surface area contributed by atoms with Gasteiger partial charge in [-0.25, -0.2) is 4.39 Å². The lowest BCUT2D eigenvalue weighted by molar-refractivity contribution is -0.118. The molecule has 3 aromatic rings. The Morgan fingerprint density at radius 1 is 1.11 bits per heavy atom. The first-order valence-electron chi connectivity index (χ1n) is 13.5. The van der Waals surface area contributed by atoms with Gasteiger partial charge in [0.05, 0.1) is 35.3 Å². The zero-order chi connectivity index (χ0) is 24.5. The van der Waals surface area contributed by atoms with Gasteiger partial charge in [0.25, 0.3) is 0 Å². The van der Waals surface area contributed by atoms with Gasteiger partial charge in [0, 0.05) is 37.0 Å². The van der Waals surface area contributed by atoms with E-state index in [4.69, 9.17) is 4.98 Å². The third-order valence-electron chi connectivity index (χ3n) is 9.55. The fourth-order valence-electron chi connectivity index (χ4n) is 7.16. The highest BCUT2D eigenvalue weighted by Crippen LogP contribution is 2.52. The quantitative estimate of drug-likeness (QED) is 0.514. The summed E-state index contributed by atoms with van der Waals surface area (Å²) in [7, 11) is 0. The highest BCUT2D eigenvalue weighted by Gasteiger charge is 2.48. The van der Waals surface area contributed by atoms with E-state index >= 15 is 4.39 Å². The van der Waals surface area contributed by atoms with Crippen molar-refractivity contribution in [2.75, 3.05) is 24.5 Å². The number of nitrogens with zero attached hydrogens (tertiary/aromatic N) is 4. The van der Waals surface area contributed by atoms with Gasteiger partial charge in [0.15, 0.2) is 0 Å². The number of nitrogens with one attached hydrogen (secondary N) is 1. The van der Waals surface area contributed by atoms with E-state index in [0.29, 0.717) is 24.8 Å². The third kappa shape index (κ3) is 3.66. The standard InChI is InChI=1S/C29H34FN5O/c1-19-12-23-22(3-5-25-24(23)16-32-33-25)27(35(19)18-29(30)6-7-29)26-4-2-21(15-31-26)34-10-8-28(9-11-34)13-20(14-28)17-36/h2-5,15-17,19-20,27H,6-14,18H2,1H3,(H,32,33)/t19-,27+/m1/s1. The molecule has 7 rings (SSSR count). The first-order chi connectivity index (χ1) is 17.5. The van der Waals surface area contributed by atoms with Crippen molar-refractivity contribution in [3.05, 3.63) is 53.5 Å². The number of H-pyrrole nitrogens is 1. The molecule has 0 radical (unpaired) electrons. The Kier molecular flexibility index (Phi) is 5.04. The van der Waals surface area contributed by atoms with Crippen molar-refractivity contribution in [2.45, 2.75) is 69.6 Å². The predicted molar refractivity (Wildman–Crippen MR) is 138 cm³/mol. The number of rotatable bonds is 5. The first kappa shape index (κ1) is 22.4. The Hall–Kier alpha value is -2.80. The van der Waals surface area contributed by atoms with Crippen molar-refractivity contribution in [1.82, 2.24) is 20.1 Å². The van der Waals surface area contributed by atoms with Crippen LogP contribution in [0.3, 0.4) is 0 Å². The molecule has 0 unspecified atom stereocenters. The number of hydrogen-bond donors (Lipinski definition) is 1. The van der Waals surface area contributed by atoms with E-state index in [9.17, 15) is 4.79 Å². The Morgan fingerprint density at radius 2 is 1.92 bits per heavy atom. The predicted octanol–water partition coefficient (Wildman–Crippen LogP) is 4.99. The molecule has 2 atom stereocenters. The summed E-state index contributed by atoms with van der Waals surface area (Å²) in [6, 6.07) is 8.78. The molecular formula is C29H34FN5O. The Bertz CT molecular complexity index is 1280.